The van der Waals surface area contributed by atoms with E-state index >= 15 is 0 Å². The van der Waals surface area contributed by atoms with Crippen molar-refractivity contribution in [3.8, 4) is 0 Å². The number of carboxylic acids is 1. The van der Waals surface area contributed by atoms with Crippen molar-refractivity contribution in [2.45, 2.75) is 58.3 Å². The smallest absolute Gasteiger partial charge is 0.326 e. The second-order valence-corrected chi connectivity index (χ2v) is 7.69. The number of carboxylic acid groups (broad SMARTS) is 1. The molecule has 0 aliphatic rings. The molecule has 176 valence electrons. The lowest BCUT2D eigenvalue weighted by molar-refractivity contribution is -0.384. The maximum absolute atomic E-state index is 12.4. The summed E-state index contributed by atoms with van der Waals surface area (Å²) in [5.41, 5.74) is 0.201. The molecule has 32 heavy (non-hydrogen) atoms. The fraction of sp³-hybridized carbons (Fsp3) is 0.500. The number of hydrogen-bond donors (Lipinski definition) is 5. The van der Waals surface area contributed by atoms with Gasteiger partial charge >= 0.3 is 5.97 Å². The number of aliphatic carboxylic acids is 1. The minimum atomic E-state index is -1.45. The topological polar surface area (TPSA) is 188 Å². The molecule has 5 N–H and O–H groups in total. The summed E-state index contributed by atoms with van der Waals surface area (Å²) in [6, 6.07) is 1.73. The number of amides is 3. The number of rotatable bonds is 11. The minimum absolute atomic E-state index is 0.173. The van der Waals surface area contributed by atoms with Crippen LogP contribution in [0, 0.1) is 16.0 Å². The molecule has 0 spiro atoms. The summed E-state index contributed by atoms with van der Waals surface area (Å²) in [6.07, 6.45) is -1.55. The van der Waals surface area contributed by atoms with Crippen molar-refractivity contribution < 1.29 is 34.3 Å². The largest absolute Gasteiger partial charge is 0.480 e. The summed E-state index contributed by atoms with van der Waals surface area (Å²) in [7, 11) is 0. The second kappa shape index (κ2) is 11.7. The van der Waals surface area contributed by atoms with Gasteiger partial charge in [0.05, 0.1) is 17.4 Å². The van der Waals surface area contributed by atoms with E-state index in [2.05, 4.69) is 16.0 Å². The molecule has 1 aromatic rings. The maximum Gasteiger partial charge on any atom is 0.326 e. The average Bonchev–Trinajstić information content (AvgIpc) is 2.68. The molecule has 0 fully saturated rings. The SMILES string of the molecule is CC(C)[C@H](NC(=O)[C@@H](NC(=O)[C@H](C)NC(=O)Cc1cccc([N+](=O)[O-])c1)[C@@H](C)O)C(=O)O. The van der Waals surface area contributed by atoms with Gasteiger partial charge in [0.25, 0.3) is 5.69 Å². The van der Waals surface area contributed by atoms with Crippen LogP contribution in [-0.4, -0.2) is 63.1 Å². The van der Waals surface area contributed by atoms with Crippen molar-refractivity contribution in [1.82, 2.24) is 16.0 Å². The first-order valence-corrected chi connectivity index (χ1v) is 9.87. The molecule has 1 aromatic carbocycles. The fourth-order valence-electron chi connectivity index (χ4n) is 2.76. The lowest BCUT2D eigenvalue weighted by atomic mass is 10.0. The Morgan fingerprint density at radius 2 is 1.59 bits per heavy atom. The van der Waals surface area contributed by atoms with E-state index in [0.29, 0.717) is 5.56 Å². The molecule has 0 saturated heterocycles. The Balaban J connectivity index is 2.75. The quantitative estimate of drug-likeness (QED) is 0.224. The van der Waals surface area contributed by atoms with E-state index in [-0.39, 0.29) is 12.1 Å². The van der Waals surface area contributed by atoms with Gasteiger partial charge < -0.3 is 26.2 Å². The first-order valence-electron chi connectivity index (χ1n) is 9.87. The number of aliphatic hydroxyl groups is 1. The molecule has 0 radical (unpaired) electrons. The standard InChI is InChI=1S/C20H28N4O8/c1-10(2)16(20(29)30)22-19(28)17(12(4)25)23-18(27)11(3)21-15(26)9-13-6-5-7-14(8-13)24(31)32/h5-8,10-12,16-17,25H,9H2,1-4H3,(H,21,26)(H,22,28)(H,23,27)(H,29,30)/t11-,12+,16-,17-/m0/s1. The van der Waals surface area contributed by atoms with Gasteiger partial charge in [-0.1, -0.05) is 26.0 Å². The first kappa shape index (κ1) is 26.5. The highest BCUT2D eigenvalue weighted by Gasteiger charge is 2.32. The molecule has 0 aliphatic heterocycles. The Morgan fingerprint density at radius 3 is 2.09 bits per heavy atom. The van der Waals surface area contributed by atoms with Gasteiger partial charge in [0.2, 0.25) is 17.7 Å². The molecule has 1 rings (SSSR count). The van der Waals surface area contributed by atoms with E-state index in [4.69, 9.17) is 0 Å². The van der Waals surface area contributed by atoms with Crippen LogP contribution < -0.4 is 16.0 Å². The van der Waals surface area contributed by atoms with E-state index in [0.717, 1.165) is 0 Å². The number of carbonyl (C=O) groups excluding carboxylic acids is 3. The van der Waals surface area contributed by atoms with Crippen LogP contribution in [-0.2, 0) is 25.6 Å². The minimum Gasteiger partial charge on any atom is -0.480 e. The Bertz CT molecular complexity index is 871. The maximum atomic E-state index is 12.4. The van der Waals surface area contributed by atoms with E-state index in [9.17, 15) is 39.5 Å². The monoisotopic (exact) mass is 452 g/mol. The number of benzene rings is 1. The molecule has 0 saturated carbocycles. The summed E-state index contributed by atoms with van der Waals surface area (Å²) in [4.78, 5) is 58.6. The van der Waals surface area contributed by atoms with Crippen molar-refractivity contribution in [3.63, 3.8) is 0 Å². The van der Waals surface area contributed by atoms with Crippen LogP contribution in [0.5, 0.6) is 0 Å². The molecule has 3 amide bonds. The van der Waals surface area contributed by atoms with Gasteiger partial charge in [-0.05, 0) is 25.3 Å². The van der Waals surface area contributed by atoms with Crippen LogP contribution in [0.1, 0.15) is 33.3 Å². The number of nitro groups is 1. The lowest BCUT2D eigenvalue weighted by Crippen LogP contribution is -2.59. The molecular formula is C20H28N4O8. The number of nitrogens with zero attached hydrogens (tertiary/aromatic N) is 1. The van der Waals surface area contributed by atoms with Crippen LogP contribution >= 0.6 is 0 Å². The first-order chi connectivity index (χ1) is 14.8. The number of carbonyl (C=O) groups is 4. The van der Waals surface area contributed by atoms with Crippen LogP contribution in [0.3, 0.4) is 0 Å². The summed E-state index contributed by atoms with van der Waals surface area (Å²) in [5, 5.41) is 36.9. The zero-order chi connectivity index (χ0) is 24.6. The highest BCUT2D eigenvalue weighted by molar-refractivity contribution is 5.93. The lowest BCUT2D eigenvalue weighted by Gasteiger charge is -2.26. The normalized spacial score (nSPS) is 14.6. The third-order valence-electron chi connectivity index (χ3n) is 4.55. The number of hydrogen-bond acceptors (Lipinski definition) is 7. The summed E-state index contributed by atoms with van der Waals surface area (Å²) in [6.45, 7) is 5.79. The number of nitrogens with one attached hydrogen (secondary N) is 3. The van der Waals surface area contributed by atoms with Crippen LogP contribution in [0.2, 0.25) is 0 Å². The molecule has 4 atom stereocenters. The predicted molar refractivity (Wildman–Crippen MR) is 112 cm³/mol. The third kappa shape index (κ3) is 7.95. The molecular weight excluding hydrogens is 424 g/mol. The predicted octanol–water partition coefficient (Wildman–Crippen LogP) is -0.267. The number of non-ortho nitro benzene ring substituents is 1. The van der Waals surface area contributed by atoms with Crippen molar-refractivity contribution in [1.29, 1.82) is 0 Å². The van der Waals surface area contributed by atoms with Crippen LogP contribution in [0.15, 0.2) is 24.3 Å². The number of nitro benzene ring substituents is 1. The van der Waals surface area contributed by atoms with Crippen molar-refractivity contribution in [2.24, 2.45) is 5.92 Å². The molecule has 0 heterocycles. The van der Waals surface area contributed by atoms with E-state index in [1.807, 2.05) is 0 Å². The Hall–Kier alpha value is -3.54. The van der Waals surface area contributed by atoms with Gasteiger partial charge in [-0.2, -0.15) is 0 Å². The van der Waals surface area contributed by atoms with Gasteiger partial charge in [-0.3, -0.25) is 24.5 Å². The zero-order valence-electron chi connectivity index (χ0n) is 18.2. The van der Waals surface area contributed by atoms with E-state index in [1.54, 1.807) is 13.8 Å². The fourth-order valence-corrected chi connectivity index (χ4v) is 2.76. The third-order valence-corrected chi connectivity index (χ3v) is 4.55. The van der Waals surface area contributed by atoms with Crippen molar-refractivity contribution in [2.75, 3.05) is 0 Å². The summed E-state index contributed by atoms with van der Waals surface area (Å²) < 4.78 is 0. The summed E-state index contributed by atoms with van der Waals surface area (Å²) in [5.74, 6) is -3.95. The molecule has 0 unspecified atom stereocenters. The van der Waals surface area contributed by atoms with Crippen LogP contribution in [0.4, 0.5) is 5.69 Å². The molecule has 0 aromatic heterocycles. The number of aliphatic hydroxyl groups excluding tert-OH is 1. The van der Waals surface area contributed by atoms with Gasteiger partial charge in [0, 0.05) is 12.1 Å². The van der Waals surface area contributed by atoms with Gasteiger partial charge in [-0.25, -0.2) is 4.79 Å². The highest BCUT2D eigenvalue weighted by atomic mass is 16.6. The molecule has 0 bridgehead atoms. The average molecular weight is 452 g/mol. The van der Waals surface area contributed by atoms with Crippen molar-refractivity contribution in [3.05, 3.63) is 39.9 Å². The zero-order valence-corrected chi connectivity index (χ0v) is 18.2. The van der Waals surface area contributed by atoms with Crippen LogP contribution in [0.25, 0.3) is 0 Å². The molecule has 12 heteroatoms. The second-order valence-electron chi connectivity index (χ2n) is 7.69. The van der Waals surface area contributed by atoms with E-state index in [1.165, 1.54) is 38.1 Å². The molecule has 12 nitrogen and oxygen atoms in total. The van der Waals surface area contributed by atoms with Gasteiger partial charge in [0.15, 0.2) is 0 Å². The Labute approximate surface area is 184 Å². The van der Waals surface area contributed by atoms with E-state index < -0.39 is 58.8 Å². The Kier molecular flexibility index (Phi) is 9.72. The van der Waals surface area contributed by atoms with Crippen molar-refractivity contribution >= 4 is 29.4 Å². The van der Waals surface area contributed by atoms with Gasteiger partial charge in [-0.15, -0.1) is 0 Å². The molecule has 0 aliphatic carbocycles. The Morgan fingerprint density at radius 1 is 1.00 bits per heavy atom. The highest BCUT2D eigenvalue weighted by Crippen LogP contribution is 2.13. The summed E-state index contributed by atoms with van der Waals surface area (Å²) >= 11 is 0. The van der Waals surface area contributed by atoms with Gasteiger partial charge in [0.1, 0.15) is 18.1 Å².